The van der Waals surface area contributed by atoms with Crippen LogP contribution in [0.3, 0.4) is 0 Å². The van der Waals surface area contributed by atoms with Crippen LogP contribution in [0.1, 0.15) is 133 Å². The maximum Gasteiger partial charge on any atom is 0.407 e. The number of carbonyl (C=O) groups is 5. The first-order chi connectivity index (χ1) is 35.4. The number of H-pyrrole nitrogens is 2. The topological polar surface area (TPSA) is 220 Å². The van der Waals surface area contributed by atoms with E-state index in [1.54, 1.807) is 45.9 Å². The molecule has 4 aliphatic heterocycles. The third kappa shape index (κ3) is 13.2. The Hall–Kier alpha value is -6.25. The number of amides is 4. The lowest BCUT2D eigenvalue weighted by molar-refractivity contribution is -0.139. The van der Waals surface area contributed by atoms with Gasteiger partial charge >= 0.3 is 12.1 Å². The third-order valence-electron chi connectivity index (χ3n) is 14.0. The van der Waals surface area contributed by atoms with Crippen LogP contribution < -0.4 is 5.32 Å². The maximum absolute atomic E-state index is 15.2. The molecule has 19 nitrogen and oxygen atoms in total. The summed E-state index contributed by atoms with van der Waals surface area (Å²) in [5, 5.41) is 2.72. The summed E-state index contributed by atoms with van der Waals surface area (Å²) in [7, 11) is 3.30. The monoisotopic (exact) mass is 1020 g/mol. The Morgan fingerprint density at radius 2 is 1.55 bits per heavy atom. The second kappa shape index (κ2) is 24.9. The number of aromatic amines is 2. The Morgan fingerprint density at radius 3 is 2.26 bits per heavy atom. The standard InChI is InChI=1S/C55H74N8O11/c1-11-37-33(2)41-31-45-38(13-15-47(65)73-29-28-72-27-26-71-25-24-69-10)34(3)40(58-45)30-42-35(4)39(12-14-46(64)61(9)17-16-56-54(68)74-55(6,7)8)50(59-42)49-51-48(36(5)43(60-51)32-44(37)57-41)52(66)63(53(49)67)19-18-62-20-22-70-23-21-62/h13,15,30-32,35,39,58,60H,11-12,14,16-29H2,1-10H3,(H,56,68)/b15-13+,40-30?,41-31?,42-30?,43-32?,44-32?,45-31?,50-49?/t35-,39-/m0/s1. The van der Waals surface area contributed by atoms with Gasteiger partial charge in [-0.25, -0.2) is 14.6 Å². The minimum atomic E-state index is -0.662. The molecule has 400 valence electrons. The fourth-order valence-electron chi connectivity index (χ4n) is 9.73. The molecule has 0 aliphatic carbocycles. The summed E-state index contributed by atoms with van der Waals surface area (Å²) in [6.45, 7) is 21.0. The minimum Gasteiger partial charge on any atom is -0.460 e. The largest absolute Gasteiger partial charge is 0.460 e. The molecule has 2 atom stereocenters. The van der Waals surface area contributed by atoms with Gasteiger partial charge in [0, 0.05) is 106 Å². The summed E-state index contributed by atoms with van der Waals surface area (Å²) in [4.78, 5) is 92.1. The van der Waals surface area contributed by atoms with E-state index in [0.29, 0.717) is 117 Å². The minimum absolute atomic E-state index is 0.0659. The van der Waals surface area contributed by atoms with Crippen molar-refractivity contribution in [3.8, 4) is 0 Å². The van der Waals surface area contributed by atoms with E-state index in [1.165, 1.54) is 11.0 Å². The molecule has 0 unspecified atom stereocenters. The van der Waals surface area contributed by atoms with Crippen LogP contribution in [-0.4, -0.2) is 176 Å². The summed E-state index contributed by atoms with van der Waals surface area (Å²) < 4.78 is 32.4. The number of morpholine rings is 1. The van der Waals surface area contributed by atoms with Crippen LogP contribution in [0.25, 0.3) is 39.3 Å². The number of alkyl carbamates (subject to hydrolysis) is 1. The summed E-state index contributed by atoms with van der Waals surface area (Å²) in [5.74, 6) is -2.25. The zero-order valence-electron chi connectivity index (χ0n) is 44.8. The lowest BCUT2D eigenvalue weighted by Crippen LogP contribution is -2.47. The average Bonchev–Trinajstić information content (AvgIpc) is 4.04. The van der Waals surface area contributed by atoms with Crippen molar-refractivity contribution in [3.63, 3.8) is 0 Å². The molecule has 74 heavy (non-hydrogen) atoms. The van der Waals surface area contributed by atoms with Gasteiger partial charge in [0.15, 0.2) is 0 Å². The van der Waals surface area contributed by atoms with E-state index in [9.17, 15) is 19.2 Å². The average molecular weight is 1020 g/mol. The van der Waals surface area contributed by atoms with Crippen LogP contribution in [0.4, 0.5) is 4.79 Å². The first-order valence-electron chi connectivity index (χ1n) is 25.8. The molecule has 3 N–H and O–H groups in total. The van der Waals surface area contributed by atoms with E-state index in [-0.39, 0.29) is 57.0 Å². The number of fused-ring (bicyclic) bond motifs is 8. The van der Waals surface area contributed by atoms with E-state index in [0.717, 1.165) is 39.2 Å². The number of nitrogens with one attached hydrogen (secondary N) is 3. The van der Waals surface area contributed by atoms with E-state index >= 15 is 4.79 Å². The normalized spacial score (nSPS) is 17.1. The number of likely N-dealkylation sites (N-methyl/N-ethyl adjacent to an activating group) is 1. The van der Waals surface area contributed by atoms with Gasteiger partial charge in [-0.3, -0.25) is 29.2 Å². The van der Waals surface area contributed by atoms with Crippen LogP contribution in [0.15, 0.2) is 24.3 Å². The quantitative estimate of drug-likeness (QED) is 0.0420. The smallest absolute Gasteiger partial charge is 0.407 e. The van der Waals surface area contributed by atoms with Crippen molar-refractivity contribution in [2.24, 2.45) is 0 Å². The van der Waals surface area contributed by atoms with Gasteiger partial charge in [-0.2, -0.15) is 0 Å². The molecule has 4 amide bonds. The highest BCUT2D eigenvalue weighted by Gasteiger charge is 2.41. The molecule has 3 aromatic heterocycles. The highest BCUT2D eigenvalue weighted by Crippen LogP contribution is 2.44. The van der Waals surface area contributed by atoms with Crippen molar-refractivity contribution >= 4 is 69.1 Å². The second-order valence-corrected chi connectivity index (χ2v) is 20.1. The predicted octanol–water partition coefficient (Wildman–Crippen LogP) is 7.09. The highest BCUT2D eigenvalue weighted by molar-refractivity contribution is 6.23. The summed E-state index contributed by atoms with van der Waals surface area (Å²) in [6, 6.07) is 5.90. The van der Waals surface area contributed by atoms with Crippen LogP contribution in [-0.2, 0) is 38.0 Å². The van der Waals surface area contributed by atoms with Crippen molar-refractivity contribution in [2.75, 3.05) is 106 Å². The van der Waals surface area contributed by atoms with Gasteiger partial charge in [0.1, 0.15) is 12.2 Å². The number of hydrogen-bond donors (Lipinski definition) is 3. The van der Waals surface area contributed by atoms with E-state index in [1.807, 2.05) is 45.9 Å². The first kappa shape index (κ1) is 55.5. The number of methoxy groups -OCH3 is 1. The van der Waals surface area contributed by atoms with Crippen molar-refractivity contribution in [1.82, 2.24) is 40.0 Å². The van der Waals surface area contributed by atoms with Gasteiger partial charge in [-0.15, -0.1) is 0 Å². The van der Waals surface area contributed by atoms with Crippen molar-refractivity contribution in [2.45, 2.75) is 92.1 Å². The molecule has 1 saturated heterocycles. The molecule has 19 heteroatoms. The molecule has 0 radical (unpaired) electrons. The number of hydrogen-bond acceptors (Lipinski definition) is 14. The number of carbonyl (C=O) groups excluding carboxylic acids is 5. The zero-order valence-corrected chi connectivity index (χ0v) is 44.8. The summed E-state index contributed by atoms with van der Waals surface area (Å²) in [5.41, 5.74) is 9.38. The van der Waals surface area contributed by atoms with Crippen LogP contribution in [0.5, 0.6) is 0 Å². The molecule has 4 aliphatic rings. The van der Waals surface area contributed by atoms with Gasteiger partial charge in [-0.1, -0.05) is 13.8 Å². The Kier molecular flexibility index (Phi) is 18.6. The number of rotatable bonds is 21. The molecule has 7 rings (SSSR count). The molecule has 0 spiro atoms. The molecular formula is C55H74N8O11. The zero-order chi connectivity index (χ0) is 53.3. The van der Waals surface area contributed by atoms with Gasteiger partial charge in [0.2, 0.25) is 5.91 Å². The lowest BCUT2D eigenvalue weighted by atomic mass is 9.84. The van der Waals surface area contributed by atoms with Crippen molar-refractivity contribution < 1.29 is 52.4 Å². The number of ether oxygens (including phenoxy) is 6. The molecule has 0 saturated carbocycles. The van der Waals surface area contributed by atoms with E-state index < -0.39 is 29.5 Å². The SMILES string of the molecule is CCC1=C(C)c2cc3[nH]c(cc4nc(c5c6[nH]c(cc1n2)c(C)c6C(=O)N(CCN1CCOCC1)C5=O)[C@@H](CCC(=O)N(C)CCNC(=O)OC(C)(C)C)[C@@H]4C)c(C)c3/C=C/C(=O)OCCOCCOCCOC. The van der Waals surface area contributed by atoms with Crippen molar-refractivity contribution in [3.05, 3.63) is 74.9 Å². The lowest BCUT2D eigenvalue weighted by Gasteiger charge is -2.31. The Balaban J connectivity index is 1.31. The molecular weight excluding hydrogens is 949 g/mol. The fourth-order valence-corrected chi connectivity index (χ4v) is 9.73. The Morgan fingerprint density at radius 1 is 0.878 bits per heavy atom. The molecule has 8 bridgehead atoms. The molecule has 0 aromatic carbocycles. The van der Waals surface area contributed by atoms with E-state index in [4.69, 9.17) is 38.4 Å². The number of aryl methyl sites for hydroxylation is 2. The van der Waals surface area contributed by atoms with Crippen molar-refractivity contribution in [1.29, 1.82) is 0 Å². The Labute approximate surface area is 433 Å². The summed E-state index contributed by atoms with van der Waals surface area (Å²) >= 11 is 0. The number of esters is 1. The highest BCUT2D eigenvalue weighted by atomic mass is 16.6. The number of allylic oxidation sites excluding steroid dienone is 2. The Bertz CT molecular complexity index is 2820. The number of nitrogens with zero attached hydrogens (tertiary/aromatic N) is 5. The maximum atomic E-state index is 15.2. The van der Waals surface area contributed by atoms with Crippen LogP contribution in [0.2, 0.25) is 0 Å². The first-order valence-corrected chi connectivity index (χ1v) is 25.8. The molecule has 1 fully saturated rings. The van der Waals surface area contributed by atoms with Crippen LogP contribution in [0, 0.1) is 13.8 Å². The van der Waals surface area contributed by atoms with Crippen LogP contribution >= 0.6 is 0 Å². The number of imide groups is 1. The van der Waals surface area contributed by atoms with Gasteiger partial charge < -0.3 is 48.6 Å². The molecule has 3 aromatic rings. The third-order valence-corrected chi connectivity index (χ3v) is 14.0. The molecule has 7 heterocycles. The van der Waals surface area contributed by atoms with E-state index in [2.05, 4.69) is 27.1 Å². The van der Waals surface area contributed by atoms with Gasteiger partial charge in [-0.05, 0) is 101 Å². The fraction of sp³-hybridized carbons (Fsp3) is 0.545. The second-order valence-electron chi connectivity index (χ2n) is 20.1. The predicted molar refractivity (Wildman–Crippen MR) is 282 cm³/mol. The summed E-state index contributed by atoms with van der Waals surface area (Å²) in [6.07, 6.45) is 3.69. The van der Waals surface area contributed by atoms with Gasteiger partial charge in [0.25, 0.3) is 11.8 Å². The van der Waals surface area contributed by atoms with Gasteiger partial charge in [0.05, 0.1) is 80.0 Å². The number of aromatic nitrogens is 4.